The second-order valence-corrected chi connectivity index (χ2v) is 7.15. The molecule has 1 aromatic carbocycles. The summed E-state index contributed by atoms with van der Waals surface area (Å²) in [4.78, 5) is 29.5. The monoisotopic (exact) mass is 349 g/mol. The van der Waals surface area contributed by atoms with Crippen molar-refractivity contribution in [1.82, 2.24) is 10.2 Å². The molecule has 0 bridgehead atoms. The first-order chi connectivity index (χ1) is 11.0. The Labute approximate surface area is 144 Å². The molecule has 3 aliphatic rings. The van der Waals surface area contributed by atoms with Crippen molar-refractivity contribution in [3.63, 3.8) is 0 Å². The molecule has 7 heteroatoms. The highest BCUT2D eigenvalue weighted by atomic mass is 35.5. The van der Waals surface area contributed by atoms with Crippen LogP contribution in [0, 0.1) is 5.41 Å². The van der Waals surface area contributed by atoms with Crippen LogP contribution in [0.25, 0.3) is 0 Å². The van der Waals surface area contributed by atoms with Crippen LogP contribution in [0.3, 0.4) is 0 Å². The van der Waals surface area contributed by atoms with E-state index in [0.717, 1.165) is 30.6 Å². The predicted molar refractivity (Wildman–Crippen MR) is 91.5 cm³/mol. The number of halogens is 1. The molecule has 2 atom stereocenters. The second-order valence-electron chi connectivity index (χ2n) is 6.36. The summed E-state index contributed by atoms with van der Waals surface area (Å²) in [6.45, 7) is 0.828. The zero-order chi connectivity index (χ0) is 16.4. The summed E-state index contributed by atoms with van der Waals surface area (Å²) in [5.41, 5.74) is 0.769. The van der Waals surface area contributed by atoms with E-state index in [4.69, 9.17) is 23.8 Å². The molecule has 0 unspecified atom stereocenters. The smallest absolute Gasteiger partial charge is 0.246 e. The van der Waals surface area contributed by atoms with Gasteiger partial charge in [-0.3, -0.25) is 14.5 Å². The van der Waals surface area contributed by atoms with Crippen LogP contribution >= 0.6 is 23.8 Å². The maximum Gasteiger partial charge on any atom is 0.246 e. The number of amides is 2. The molecule has 0 aromatic heterocycles. The lowest BCUT2D eigenvalue weighted by Gasteiger charge is -2.49. The largest absolute Gasteiger partial charge is 0.367 e. The molecule has 0 saturated carbocycles. The molecule has 1 N–H and O–H groups in total. The van der Waals surface area contributed by atoms with E-state index < -0.39 is 5.41 Å². The topological polar surface area (TPSA) is 52.7 Å². The van der Waals surface area contributed by atoms with Gasteiger partial charge >= 0.3 is 0 Å². The van der Waals surface area contributed by atoms with Gasteiger partial charge in [0.05, 0.1) is 6.04 Å². The zero-order valence-corrected chi connectivity index (χ0v) is 14.2. The minimum absolute atomic E-state index is 0.147. The standard InChI is InChI=1S/C16H16ClN3O2S/c1-19-14(22)16(13(21)18-15(19)23)8-9-10(17)4-2-5-11(9)20-7-3-6-12(16)20/h2,4-5,12H,3,6-8H2,1H3,(H,18,21,23)/t12-,16+/m0/s1. The van der Waals surface area contributed by atoms with Crippen LogP contribution in [0.5, 0.6) is 0 Å². The number of thiocarbonyl (C=S) groups is 1. The van der Waals surface area contributed by atoms with Crippen LogP contribution in [-0.4, -0.2) is 41.5 Å². The van der Waals surface area contributed by atoms with E-state index in [9.17, 15) is 9.59 Å². The van der Waals surface area contributed by atoms with Gasteiger partial charge < -0.3 is 10.2 Å². The van der Waals surface area contributed by atoms with Crippen molar-refractivity contribution in [2.75, 3.05) is 18.5 Å². The minimum Gasteiger partial charge on any atom is -0.367 e. The fourth-order valence-electron chi connectivity index (χ4n) is 4.19. The van der Waals surface area contributed by atoms with Crippen molar-refractivity contribution in [1.29, 1.82) is 0 Å². The predicted octanol–water partition coefficient (Wildman–Crippen LogP) is 1.72. The molecule has 0 radical (unpaired) electrons. The maximum atomic E-state index is 13.1. The molecule has 1 aromatic rings. The number of carbonyl (C=O) groups is 2. The summed E-state index contributed by atoms with van der Waals surface area (Å²) in [5.74, 6) is -0.526. The molecule has 1 spiro atoms. The van der Waals surface area contributed by atoms with E-state index in [1.165, 1.54) is 4.90 Å². The number of benzene rings is 1. The Morgan fingerprint density at radius 2 is 2.17 bits per heavy atom. The Morgan fingerprint density at radius 1 is 1.39 bits per heavy atom. The molecule has 4 rings (SSSR count). The molecular formula is C16H16ClN3O2S. The Kier molecular flexibility index (Phi) is 3.19. The number of rotatable bonds is 0. The first-order valence-electron chi connectivity index (χ1n) is 7.64. The van der Waals surface area contributed by atoms with Gasteiger partial charge in [-0.2, -0.15) is 0 Å². The Morgan fingerprint density at radius 3 is 2.96 bits per heavy atom. The molecule has 2 amide bonds. The van der Waals surface area contributed by atoms with E-state index in [-0.39, 0.29) is 23.0 Å². The number of hydrogen-bond acceptors (Lipinski definition) is 4. The second kappa shape index (κ2) is 4.92. The van der Waals surface area contributed by atoms with Crippen LogP contribution in [-0.2, 0) is 16.0 Å². The number of hydrogen-bond donors (Lipinski definition) is 1. The van der Waals surface area contributed by atoms with Crippen molar-refractivity contribution >= 4 is 46.4 Å². The zero-order valence-electron chi connectivity index (χ0n) is 12.6. The Balaban J connectivity index is 1.92. The molecule has 3 heterocycles. The molecule has 23 heavy (non-hydrogen) atoms. The Hall–Kier alpha value is -1.66. The summed E-state index contributed by atoms with van der Waals surface area (Å²) < 4.78 is 0. The van der Waals surface area contributed by atoms with E-state index in [1.54, 1.807) is 7.05 Å². The SMILES string of the molecule is CN1C(=O)[C@@]2(Cc3c(Cl)cccc3N3CCC[C@H]32)C(=O)NC1=S. The van der Waals surface area contributed by atoms with Gasteiger partial charge in [0.25, 0.3) is 0 Å². The molecule has 120 valence electrons. The number of nitrogens with zero attached hydrogens (tertiary/aromatic N) is 2. The van der Waals surface area contributed by atoms with Crippen molar-refractivity contribution in [2.45, 2.75) is 25.3 Å². The minimum atomic E-state index is -1.15. The molecule has 2 saturated heterocycles. The highest BCUT2D eigenvalue weighted by Gasteiger charge is 2.61. The van der Waals surface area contributed by atoms with E-state index in [0.29, 0.717) is 11.4 Å². The fourth-order valence-corrected chi connectivity index (χ4v) is 4.60. The van der Waals surface area contributed by atoms with Crippen molar-refractivity contribution in [2.24, 2.45) is 5.41 Å². The van der Waals surface area contributed by atoms with Gasteiger partial charge in [-0.1, -0.05) is 17.7 Å². The third-order valence-electron chi connectivity index (χ3n) is 5.30. The molecule has 3 aliphatic heterocycles. The summed E-state index contributed by atoms with van der Waals surface area (Å²) in [6.07, 6.45) is 2.08. The summed E-state index contributed by atoms with van der Waals surface area (Å²) >= 11 is 11.5. The van der Waals surface area contributed by atoms with Gasteiger partial charge in [0.2, 0.25) is 11.8 Å². The summed E-state index contributed by atoms with van der Waals surface area (Å²) in [5, 5.41) is 3.48. The van der Waals surface area contributed by atoms with Crippen LogP contribution in [0.4, 0.5) is 5.69 Å². The average molecular weight is 350 g/mol. The third kappa shape index (κ3) is 1.82. The van der Waals surface area contributed by atoms with E-state index in [2.05, 4.69) is 10.2 Å². The Bertz CT molecular complexity index is 753. The fraction of sp³-hybridized carbons (Fsp3) is 0.438. The van der Waals surface area contributed by atoms with Crippen molar-refractivity contribution in [3.8, 4) is 0 Å². The molecule has 5 nitrogen and oxygen atoms in total. The lowest BCUT2D eigenvalue weighted by molar-refractivity contribution is -0.151. The third-order valence-corrected chi connectivity index (χ3v) is 6.03. The van der Waals surface area contributed by atoms with Crippen LogP contribution < -0.4 is 10.2 Å². The van der Waals surface area contributed by atoms with Gasteiger partial charge in [0.1, 0.15) is 0 Å². The van der Waals surface area contributed by atoms with Gasteiger partial charge in [0.15, 0.2) is 10.5 Å². The van der Waals surface area contributed by atoms with Crippen LogP contribution in [0.15, 0.2) is 18.2 Å². The van der Waals surface area contributed by atoms with E-state index in [1.807, 2.05) is 18.2 Å². The highest BCUT2D eigenvalue weighted by molar-refractivity contribution is 7.80. The number of anilines is 1. The van der Waals surface area contributed by atoms with Crippen molar-refractivity contribution in [3.05, 3.63) is 28.8 Å². The quantitative estimate of drug-likeness (QED) is 0.572. The van der Waals surface area contributed by atoms with Crippen LogP contribution in [0.2, 0.25) is 5.02 Å². The molecule has 0 aliphatic carbocycles. The summed E-state index contributed by atoms with van der Waals surface area (Å²) in [7, 11) is 1.62. The summed E-state index contributed by atoms with van der Waals surface area (Å²) in [6, 6.07) is 5.60. The molecule has 2 fully saturated rings. The van der Waals surface area contributed by atoms with Gasteiger partial charge in [-0.15, -0.1) is 0 Å². The number of fused-ring (bicyclic) bond motifs is 4. The lowest BCUT2D eigenvalue weighted by Crippen LogP contribution is -2.70. The van der Waals surface area contributed by atoms with Crippen LogP contribution in [0.1, 0.15) is 18.4 Å². The van der Waals surface area contributed by atoms with Gasteiger partial charge in [-0.25, -0.2) is 0 Å². The van der Waals surface area contributed by atoms with Gasteiger partial charge in [-0.05, 0) is 42.8 Å². The number of nitrogens with one attached hydrogen (secondary N) is 1. The van der Waals surface area contributed by atoms with Gasteiger partial charge in [0, 0.05) is 30.7 Å². The van der Waals surface area contributed by atoms with E-state index >= 15 is 0 Å². The number of carbonyl (C=O) groups excluding carboxylic acids is 2. The average Bonchev–Trinajstić information content (AvgIpc) is 3.02. The molecular weight excluding hydrogens is 334 g/mol. The maximum absolute atomic E-state index is 13.1. The lowest BCUT2D eigenvalue weighted by atomic mass is 9.68. The highest BCUT2D eigenvalue weighted by Crippen LogP contribution is 2.49. The van der Waals surface area contributed by atoms with Crippen molar-refractivity contribution < 1.29 is 9.59 Å². The first-order valence-corrected chi connectivity index (χ1v) is 8.43. The first kappa shape index (κ1) is 14.9. The normalized spacial score (nSPS) is 29.7.